The summed E-state index contributed by atoms with van der Waals surface area (Å²) in [5.41, 5.74) is 12.2. The number of piperidine rings is 1. The Balaban J connectivity index is 1.16. The molecule has 3 aromatic rings. The molecule has 3 fully saturated rings. The number of nitrogen functional groups attached to an aromatic ring is 1. The van der Waals surface area contributed by atoms with E-state index in [1.165, 1.54) is 18.5 Å². The number of carbonyl (C=O) groups excluding carboxylic acids is 1. The normalized spacial score (nSPS) is 25.4. The van der Waals surface area contributed by atoms with Crippen molar-refractivity contribution < 1.29 is 13.9 Å². The Morgan fingerprint density at radius 2 is 1.81 bits per heavy atom. The fourth-order valence-electron chi connectivity index (χ4n) is 6.81. The number of anilines is 1. The minimum Gasteiger partial charge on any atom is -0.383 e. The van der Waals surface area contributed by atoms with E-state index in [0.717, 1.165) is 55.7 Å². The largest absolute Gasteiger partial charge is 0.383 e. The lowest BCUT2D eigenvalue weighted by atomic mass is 9.91. The lowest BCUT2D eigenvalue weighted by molar-refractivity contribution is 0.0378. The average Bonchev–Trinajstić information content (AvgIpc) is 3.49. The Kier molecular flexibility index (Phi) is 5.34. The highest BCUT2D eigenvalue weighted by atomic mass is 19.1. The topological polar surface area (TPSA) is 80.5 Å². The van der Waals surface area contributed by atoms with Crippen molar-refractivity contribution in [3.63, 3.8) is 0 Å². The molecule has 0 radical (unpaired) electrons. The van der Waals surface area contributed by atoms with Gasteiger partial charge in [-0.15, -0.1) is 0 Å². The highest BCUT2D eigenvalue weighted by Gasteiger charge is 2.61. The molecule has 2 saturated heterocycles. The third-order valence-corrected chi connectivity index (χ3v) is 9.00. The number of ether oxygens (including phenoxy) is 1. The average molecular weight is 499 g/mol. The van der Waals surface area contributed by atoms with Crippen LogP contribution in [0.15, 0.2) is 48.5 Å². The molecule has 0 bridgehead atoms. The summed E-state index contributed by atoms with van der Waals surface area (Å²) in [6.07, 6.45) is 4.26. The monoisotopic (exact) mass is 498 g/mol. The van der Waals surface area contributed by atoms with Gasteiger partial charge in [0.25, 0.3) is 5.91 Å². The maximum atomic E-state index is 15.0. The molecule has 7 rings (SSSR count). The molecule has 6 nitrogen and oxygen atoms in total. The first kappa shape index (κ1) is 22.9. The van der Waals surface area contributed by atoms with Crippen molar-refractivity contribution in [2.24, 2.45) is 5.92 Å². The van der Waals surface area contributed by atoms with Crippen molar-refractivity contribution in [1.29, 1.82) is 0 Å². The molecule has 7 heteroatoms. The first-order chi connectivity index (χ1) is 18.0. The molecule has 37 heavy (non-hydrogen) atoms. The molecule has 1 aromatic heterocycles. The van der Waals surface area contributed by atoms with E-state index >= 15 is 4.39 Å². The Labute approximate surface area is 216 Å². The standard InChI is InChI=1S/C30H31FN4O2/c31-27-25(14-26(28(32)34-27)19-3-6-24-20(13-19)7-10-33-29(24)36)18-1-4-21(5-2-18)30-15-22(30)16-35(17-30)23-8-11-37-12-9-23/h1-6,13-14,22-23H,7-12,15-17H2,(H2,32,34)(H,33,36)/t22-,30+/m1/s1. The van der Waals surface area contributed by atoms with Crippen LogP contribution in [0.2, 0.25) is 0 Å². The van der Waals surface area contributed by atoms with Crippen LogP contribution in [-0.4, -0.2) is 54.7 Å². The van der Waals surface area contributed by atoms with Gasteiger partial charge in [-0.1, -0.05) is 36.4 Å². The molecule has 0 spiro atoms. The lowest BCUT2D eigenvalue weighted by Gasteiger charge is -2.33. The number of nitrogens with zero attached hydrogens (tertiary/aromatic N) is 2. The van der Waals surface area contributed by atoms with Crippen LogP contribution in [0, 0.1) is 11.9 Å². The lowest BCUT2D eigenvalue weighted by Crippen LogP contribution is -2.40. The number of halogens is 1. The summed E-state index contributed by atoms with van der Waals surface area (Å²) in [5.74, 6) is 0.236. The predicted octanol–water partition coefficient (Wildman–Crippen LogP) is 4.18. The molecular formula is C30H31FN4O2. The molecule has 190 valence electrons. The zero-order chi connectivity index (χ0) is 25.1. The molecular weight excluding hydrogens is 467 g/mol. The van der Waals surface area contributed by atoms with Gasteiger partial charge in [-0.05, 0) is 66.0 Å². The number of hydrogen-bond acceptors (Lipinski definition) is 5. The van der Waals surface area contributed by atoms with E-state index in [-0.39, 0.29) is 17.1 Å². The summed E-state index contributed by atoms with van der Waals surface area (Å²) in [6.45, 7) is 4.64. The van der Waals surface area contributed by atoms with Crippen LogP contribution in [0.5, 0.6) is 0 Å². The van der Waals surface area contributed by atoms with E-state index in [1.54, 1.807) is 6.07 Å². The van der Waals surface area contributed by atoms with Crippen molar-refractivity contribution in [2.75, 3.05) is 38.6 Å². The van der Waals surface area contributed by atoms with Crippen LogP contribution in [-0.2, 0) is 16.6 Å². The Morgan fingerprint density at radius 3 is 2.62 bits per heavy atom. The summed E-state index contributed by atoms with van der Waals surface area (Å²) < 4.78 is 20.6. The maximum absolute atomic E-state index is 15.0. The predicted molar refractivity (Wildman–Crippen MR) is 141 cm³/mol. The van der Waals surface area contributed by atoms with Crippen LogP contribution in [0.3, 0.4) is 0 Å². The van der Waals surface area contributed by atoms with Crippen LogP contribution >= 0.6 is 0 Å². The highest BCUT2D eigenvalue weighted by Crippen LogP contribution is 2.59. The fraction of sp³-hybridized carbons (Fsp3) is 0.400. The highest BCUT2D eigenvalue weighted by molar-refractivity contribution is 5.97. The number of amides is 1. The summed E-state index contributed by atoms with van der Waals surface area (Å²) in [5, 5.41) is 2.86. The number of rotatable bonds is 4. The number of fused-ring (bicyclic) bond motifs is 2. The van der Waals surface area contributed by atoms with E-state index in [9.17, 15) is 4.79 Å². The quantitative estimate of drug-likeness (QED) is 0.528. The van der Waals surface area contributed by atoms with Crippen molar-refractivity contribution in [3.05, 3.63) is 71.2 Å². The van der Waals surface area contributed by atoms with Crippen molar-refractivity contribution in [2.45, 2.75) is 37.1 Å². The maximum Gasteiger partial charge on any atom is 0.251 e. The second-order valence-electron chi connectivity index (χ2n) is 11.0. The minimum absolute atomic E-state index is 0.0608. The third-order valence-electron chi connectivity index (χ3n) is 9.00. The number of nitrogens with two attached hydrogens (primary N) is 1. The molecule has 1 aliphatic carbocycles. The molecule has 3 aliphatic heterocycles. The van der Waals surface area contributed by atoms with Crippen LogP contribution in [0.4, 0.5) is 10.2 Å². The van der Waals surface area contributed by atoms with Gasteiger partial charge in [0, 0.05) is 61.0 Å². The van der Waals surface area contributed by atoms with Crippen LogP contribution in [0.1, 0.15) is 40.7 Å². The van der Waals surface area contributed by atoms with Gasteiger partial charge in [0.2, 0.25) is 5.95 Å². The minimum atomic E-state index is -0.569. The number of hydrogen-bond donors (Lipinski definition) is 2. The van der Waals surface area contributed by atoms with E-state index in [0.29, 0.717) is 35.2 Å². The summed E-state index contributed by atoms with van der Waals surface area (Å²) in [4.78, 5) is 18.8. The molecule has 1 saturated carbocycles. The van der Waals surface area contributed by atoms with Gasteiger partial charge in [0.05, 0.1) is 0 Å². The van der Waals surface area contributed by atoms with E-state index in [2.05, 4.69) is 27.3 Å². The summed E-state index contributed by atoms with van der Waals surface area (Å²) >= 11 is 0. The van der Waals surface area contributed by atoms with Gasteiger partial charge in [-0.25, -0.2) is 4.98 Å². The number of nitrogens with one attached hydrogen (secondary N) is 1. The van der Waals surface area contributed by atoms with Crippen molar-refractivity contribution in [3.8, 4) is 22.3 Å². The van der Waals surface area contributed by atoms with Crippen molar-refractivity contribution >= 4 is 11.7 Å². The molecule has 1 amide bonds. The molecule has 4 aliphatic rings. The Bertz CT molecular complexity index is 1390. The summed E-state index contributed by atoms with van der Waals surface area (Å²) in [6, 6.07) is 16.5. The Hall–Kier alpha value is -3.29. The van der Waals surface area contributed by atoms with Gasteiger partial charge in [-0.3, -0.25) is 9.69 Å². The number of aromatic nitrogens is 1. The molecule has 2 aromatic carbocycles. The molecule has 2 atom stereocenters. The van der Waals surface area contributed by atoms with E-state index in [4.69, 9.17) is 10.5 Å². The molecule has 3 N–H and O–H groups in total. The van der Waals surface area contributed by atoms with E-state index < -0.39 is 5.95 Å². The SMILES string of the molecule is Nc1nc(F)c(-c2ccc([C@@]34C[C@@H]3CN(C3CCOCC3)C4)cc2)cc1-c1ccc2c(c1)CCNC2=O. The van der Waals surface area contributed by atoms with E-state index in [1.807, 2.05) is 30.3 Å². The zero-order valence-electron chi connectivity index (χ0n) is 20.8. The van der Waals surface area contributed by atoms with Gasteiger partial charge in [0.1, 0.15) is 5.82 Å². The summed E-state index contributed by atoms with van der Waals surface area (Å²) in [7, 11) is 0. The van der Waals surface area contributed by atoms with Gasteiger partial charge in [-0.2, -0.15) is 4.39 Å². The fourth-order valence-corrected chi connectivity index (χ4v) is 6.81. The zero-order valence-corrected chi connectivity index (χ0v) is 20.8. The second kappa shape index (κ2) is 8.64. The number of pyridine rings is 1. The van der Waals surface area contributed by atoms with Crippen LogP contribution < -0.4 is 11.1 Å². The molecule has 0 unspecified atom stereocenters. The molecule has 4 heterocycles. The van der Waals surface area contributed by atoms with Crippen LogP contribution in [0.25, 0.3) is 22.3 Å². The number of benzene rings is 2. The first-order valence-electron chi connectivity index (χ1n) is 13.3. The number of carbonyl (C=O) groups is 1. The smallest absolute Gasteiger partial charge is 0.251 e. The van der Waals surface area contributed by atoms with Gasteiger partial charge >= 0.3 is 0 Å². The van der Waals surface area contributed by atoms with Gasteiger partial charge in [0.15, 0.2) is 0 Å². The van der Waals surface area contributed by atoms with Gasteiger partial charge < -0.3 is 15.8 Å². The third kappa shape index (κ3) is 3.83. The number of likely N-dealkylation sites (tertiary alicyclic amines) is 1. The van der Waals surface area contributed by atoms with Crippen molar-refractivity contribution in [1.82, 2.24) is 15.2 Å². The second-order valence-corrected chi connectivity index (χ2v) is 11.0. The first-order valence-corrected chi connectivity index (χ1v) is 13.3. The Morgan fingerprint density at radius 1 is 1.03 bits per heavy atom.